The number of amides is 3. The Kier molecular flexibility index (Phi) is 8.23. The van der Waals surface area contributed by atoms with Crippen LogP contribution in [0, 0.1) is 5.92 Å². The Morgan fingerprint density at radius 2 is 1.45 bits per heavy atom. The maximum absolute atomic E-state index is 14.4. The van der Waals surface area contributed by atoms with E-state index in [-0.39, 0.29) is 16.7 Å². The molecular formula is C26H25F3N2O7. The highest BCUT2D eigenvalue weighted by Gasteiger charge is 2.63. The minimum atomic E-state index is -5.29. The average molecular weight is 534 g/mol. The summed E-state index contributed by atoms with van der Waals surface area (Å²) >= 11 is 0. The van der Waals surface area contributed by atoms with E-state index in [4.69, 9.17) is 4.74 Å². The summed E-state index contributed by atoms with van der Waals surface area (Å²) in [4.78, 5) is 63.9. The summed E-state index contributed by atoms with van der Waals surface area (Å²) in [5.41, 5.74) is -3.24. The lowest BCUT2D eigenvalue weighted by molar-refractivity contribution is -0.214. The number of alkyl halides is 3. The van der Waals surface area contributed by atoms with Crippen LogP contribution in [0.4, 0.5) is 13.2 Å². The van der Waals surface area contributed by atoms with E-state index in [9.17, 15) is 37.1 Å². The van der Waals surface area contributed by atoms with Crippen molar-refractivity contribution in [1.82, 2.24) is 10.2 Å². The highest BCUT2D eigenvalue weighted by atomic mass is 19.4. The number of methoxy groups -OCH3 is 1. The molecule has 1 aliphatic rings. The molecule has 0 bridgehead atoms. The van der Waals surface area contributed by atoms with Gasteiger partial charge in [0.05, 0.1) is 18.2 Å². The van der Waals surface area contributed by atoms with Gasteiger partial charge in [0.25, 0.3) is 17.7 Å². The molecule has 2 unspecified atom stereocenters. The molecule has 12 heteroatoms. The standard InChI is InChI=1S/C26H25F3N2O7/c1-15(2)20(38-19(32)14-31-22(34)17-11-7-8-12-18(17)23(31)35)21(33)30-25(24(36)37-3,26(27,28)29)13-16-9-5-4-6-10-16/h4-12,15,20H,13-14H2,1-3H3,(H,30,33). The van der Waals surface area contributed by atoms with Gasteiger partial charge in [-0.05, 0) is 23.6 Å². The van der Waals surface area contributed by atoms with Gasteiger partial charge < -0.3 is 14.8 Å². The zero-order valence-corrected chi connectivity index (χ0v) is 20.7. The molecule has 0 fully saturated rings. The Morgan fingerprint density at radius 3 is 1.92 bits per heavy atom. The summed E-state index contributed by atoms with van der Waals surface area (Å²) in [6, 6.07) is 13.1. The van der Waals surface area contributed by atoms with Crippen LogP contribution in [0.5, 0.6) is 0 Å². The summed E-state index contributed by atoms with van der Waals surface area (Å²) < 4.78 is 52.7. The molecule has 0 saturated carbocycles. The van der Waals surface area contributed by atoms with Gasteiger partial charge >= 0.3 is 18.1 Å². The maximum atomic E-state index is 14.4. The number of ether oxygens (including phenoxy) is 2. The van der Waals surface area contributed by atoms with Crippen molar-refractivity contribution in [3.8, 4) is 0 Å². The number of nitrogens with zero attached hydrogens (tertiary/aromatic N) is 1. The van der Waals surface area contributed by atoms with Gasteiger partial charge in [0.2, 0.25) is 5.54 Å². The smallest absolute Gasteiger partial charge is 0.422 e. The number of esters is 2. The van der Waals surface area contributed by atoms with E-state index >= 15 is 0 Å². The highest BCUT2D eigenvalue weighted by Crippen LogP contribution is 2.35. The Labute approximate surface area is 215 Å². The van der Waals surface area contributed by atoms with Crippen LogP contribution >= 0.6 is 0 Å². The second kappa shape index (κ2) is 11.0. The van der Waals surface area contributed by atoms with Crippen LogP contribution in [-0.2, 0) is 30.3 Å². The van der Waals surface area contributed by atoms with Crippen LogP contribution in [-0.4, -0.2) is 66.0 Å². The molecule has 0 aromatic heterocycles. The number of nitrogens with one attached hydrogen (secondary N) is 1. The van der Waals surface area contributed by atoms with Crippen LogP contribution in [0.15, 0.2) is 54.6 Å². The summed E-state index contributed by atoms with van der Waals surface area (Å²) in [6.07, 6.45) is -8.07. The molecule has 9 nitrogen and oxygen atoms in total. The molecule has 2 atom stereocenters. The van der Waals surface area contributed by atoms with Crippen molar-refractivity contribution in [2.24, 2.45) is 5.92 Å². The molecular weight excluding hydrogens is 509 g/mol. The van der Waals surface area contributed by atoms with Gasteiger partial charge in [0.15, 0.2) is 6.10 Å². The van der Waals surface area contributed by atoms with Crippen molar-refractivity contribution >= 4 is 29.7 Å². The lowest BCUT2D eigenvalue weighted by atomic mass is 9.89. The molecule has 38 heavy (non-hydrogen) atoms. The topological polar surface area (TPSA) is 119 Å². The normalized spacial score (nSPS) is 15.5. The van der Waals surface area contributed by atoms with Gasteiger partial charge in [-0.25, -0.2) is 4.79 Å². The van der Waals surface area contributed by atoms with Crippen LogP contribution in [0.1, 0.15) is 40.1 Å². The molecule has 3 rings (SSSR count). The van der Waals surface area contributed by atoms with E-state index in [1.165, 1.54) is 62.4 Å². The van der Waals surface area contributed by atoms with Crippen LogP contribution in [0.2, 0.25) is 0 Å². The largest absolute Gasteiger partial charge is 0.467 e. The van der Waals surface area contributed by atoms with Gasteiger partial charge in [-0.3, -0.25) is 24.1 Å². The van der Waals surface area contributed by atoms with Gasteiger partial charge in [0, 0.05) is 6.42 Å². The highest BCUT2D eigenvalue weighted by molar-refractivity contribution is 6.22. The molecule has 2 aromatic rings. The number of carbonyl (C=O) groups excluding carboxylic acids is 5. The Hall–Kier alpha value is -4.22. The molecule has 0 radical (unpaired) electrons. The number of rotatable bonds is 9. The number of imide groups is 1. The first kappa shape index (κ1) is 28.4. The molecule has 1 N–H and O–H groups in total. The summed E-state index contributed by atoms with van der Waals surface area (Å²) in [5.74, 6) is -6.72. The number of hydrogen-bond donors (Lipinski definition) is 1. The molecule has 3 amide bonds. The predicted molar refractivity (Wildman–Crippen MR) is 126 cm³/mol. The fraction of sp³-hybridized carbons (Fsp3) is 0.346. The van der Waals surface area contributed by atoms with E-state index < -0.39 is 66.4 Å². The predicted octanol–water partition coefficient (Wildman–Crippen LogP) is 2.68. The summed E-state index contributed by atoms with van der Waals surface area (Å²) in [7, 11) is 0.752. The molecule has 1 aliphatic heterocycles. The third-order valence-electron chi connectivity index (χ3n) is 5.95. The van der Waals surface area contributed by atoms with Crippen molar-refractivity contribution in [3.05, 3.63) is 71.3 Å². The third-order valence-corrected chi connectivity index (χ3v) is 5.95. The fourth-order valence-electron chi connectivity index (χ4n) is 4.00. The lowest BCUT2D eigenvalue weighted by Crippen LogP contribution is -2.67. The second-order valence-corrected chi connectivity index (χ2v) is 8.94. The van der Waals surface area contributed by atoms with Gasteiger partial charge in [-0.15, -0.1) is 0 Å². The zero-order valence-electron chi connectivity index (χ0n) is 20.7. The number of fused-ring (bicyclic) bond motifs is 1. The first-order valence-corrected chi connectivity index (χ1v) is 11.5. The summed E-state index contributed by atoms with van der Waals surface area (Å²) in [6.45, 7) is 1.95. The van der Waals surface area contributed by atoms with E-state index in [2.05, 4.69) is 4.74 Å². The quantitative estimate of drug-likeness (QED) is 0.388. The van der Waals surface area contributed by atoms with Crippen molar-refractivity contribution in [1.29, 1.82) is 0 Å². The number of benzene rings is 2. The van der Waals surface area contributed by atoms with Crippen molar-refractivity contribution in [2.45, 2.75) is 38.1 Å². The molecule has 2 aromatic carbocycles. The SMILES string of the molecule is COC(=O)C(Cc1ccccc1)(NC(=O)C(OC(=O)CN1C(=O)c2ccccc2C1=O)C(C)C)C(F)(F)F. The number of halogens is 3. The van der Waals surface area contributed by atoms with Crippen molar-refractivity contribution in [3.63, 3.8) is 0 Å². The van der Waals surface area contributed by atoms with Gasteiger partial charge in [-0.1, -0.05) is 56.3 Å². The van der Waals surface area contributed by atoms with E-state index in [1.54, 1.807) is 11.4 Å². The lowest BCUT2D eigenvalue weighted by Gasteiger charge is -2.35. The monoisotopic (exact) mass is 534 g/mol. The minimum absolute atomic E-state index is 0.0809. The maximum Gasteiger partial charge on any atom is 0.422 e. The Balaban J connectivity index is 1.83. The van der Waals surface area contributed by atoms with Crippen molar-refractivity contribution in [2.75, 3.05) is 13.7 Å². The van der Waals surface area contributed by atoms with Crippen LogP contribution < -0.4 is 5.32 Å². The average Bonchev–Trinajstić information content (AvgIpc) is 3.10. The van der Waals surface area contributed by atoms with E-state index in [0.29, 0.717) is 4.90 Å². The molecule has 0 aliphatic carbocycles. The van der Waals surface area contributed by atoms with Crippen LogP contribution in [0.25, 0.3) is 0 Å². The molecule has 202 valence electrons. The second-order valence-electron chi connectivity index (χ2n) is 8.94. The first-order valence-electron chi connectivity index (χ1n) is 11.5. The first-order chi connectivity index (χ1) is 17.8. The molecule has 0 spiro atoms. The fourth-order valence-corrected chi connectivity index (χ4v) is 4.00. The van der Waals surface area contributed by atoms with Gasteiger partial charge in [0.1, 0.15) is 6.54 Å². The Bertz CT molecular complexity index is 1210. The number of carbonyl (C=O) groups is 5. The molecule has 1 heterocycles. The molecule has 0 saturated heterocycles. The van der Waals surface area contributed by atoms with E-state index in [0.717, 1.165) is 7.11 Å². The summed E-state index contributed by atoms with van der Waals surface area (Å²) in [5, 5.41) is 1.72. The van der Waals surface area contributed by atoms with E-state index in [1.807, 2.05) is 0 Å². The minimum Gasteiger partial charge on any atom is -0.467 e. The Morgan fingerprint density at radius 1 is 0.921 bits per heavy atom. The number of hydrogen-bond acceptors (Lipinski definition) is 7. The third kappa shape index (κ3) is 5.53. The van der Waals surface area contributed by atoms with Gasteiger partial charge in [-0.2, -0.15) is 13.2 Å². The van der Waals surface area contributed by atoms with Crippen LogP contribution in [0.3, 0.4) is 0 Å². The zero-order chi connectivity index (χ0) is 28.3. The van der Waals surface area contributed by atoms with Crippen molar-refractivity contribution < 1.29 is 46.6 Å².